The Balaban J connectivity index is 1.96. The lowest BCUT2D eigenvalue weighted by molar-refractivity contribution is -0.123. The first kappa shape index (κ1) is 18.5. The summed E-state index contributed by atoms with van der Waals surface area (Å²) in [6.07, 6.45) is -0.122. The zero-order valence-corrected chi connectivity index (χ0v) is 15.8. The van der Waals surface area contributed by atoms with E-state index in [9.17, 15) is 14.4 Å². The fourth-order valence-electron chi connectivity index (χ4n) is 2.74. The topological polar surface area (TPSA) is 104 Å². The summed E-state index contributed by atoms with van der Waals surface area (Å²) in [4.78, 5) is 44.2. The monoisotopic (exact) mass is 392 g/mol. The third-order valence-electron chi connectivity index (χ3n) is 4.05. The van der Waals surface area contributed by atoms with Crippen molar-refractivity contribution in [3.63, 3.8) is 0 Å². The Morgan fingerprint density at radius 3 is 2.92 bits per heavy atom. The molecular weight excluding hydrogens is 376 g/mol. The molecule has 3 N–H and O–H groups in total. The molecule has 9 heteroatoms. The highest BCUT2D eigenvalue weighted by Crippen LogP contribution is 2.31. The van der Waals surface area contributed by atoms with Crippen LogP contribution in [-0.2, 0) is 9.59 Å². The molecule has 3 rings (SSSR count). The van der Waals surface area contributed by atoms with Gasteiger partial charge < -0.3 is 15.6 Å². The Bertz CT molecular complexity index is 944. The minimum atomic E-state index is -0.922. The highest BCUT2D eigenvalue weighted by molar-refractivity contribution is 7.99. The highest BCUT2D eigenvalue weighted by Gasteiger charge is 2.34. The van der Waals surface area contributed by atoms with Gasteiger partial charge in [0.1, 0.15) is 5.82 Å². The van der Waals surface area contributed by atoms with Crippen LogP contribution in [0.25, 0.3) is 0 Å². The summed E-state index contributed by atoms with van der Waals surface area (Å²) >= 11 is 7.42. The average molecular weight is 393 g/mol. The second-order valence-electron chi connectivity index (χ2n) is 5.77. The first-order valence-electron chi connectivity index (χ1n) is 8.03. The van der Waals surface area contributed by atoms with Crippen LogP contribution in [0.4, 0.5) is 11.5 Å². The van der Waals surface area contributed by atoms with E-state index in [1.54, 1.807) is 25.1 Å². The molecule has 0 fully saturated rings. The van der Waals surface area contributed by atoms with Gasteiger partial charge in [-0.2, -0.15) is 0 Å². The van der Waals surface area contributed by atoms with Crippen LogP contribution >= 0.6 is 23.4 Å². The molecule has 0 aliphatic carbocycles. The maximum absolute atomic E-state index is 12.8. The Hall–Kier alpha value is -2.32. The smallest absolute Gasteiger partial charge is 0.257 e. The predicted octanol–water partition coefficient (Wildman–Crippen LogP) is 2.91. The van der Waals surface area contributed by atoms with Gasteiger partial charge in [-0.15, -0.1) is 0 Å². The zero-order valence-electron chi connectivity index (χ0n) is 14.2. The number of carbonyl (C=O) groups excluding carboxylic acids is 2. The van der Waals surface area contributed by atoms with E-state index in [2.05, 4.69) is 20.6 Å². The summed E-state index contributed by atoms with van der Waals surface area (Å²) < 4.78 is 0. The first-order chi connectivity index (χ1) is 12.4. The van der Waals surface area contributed by atoms with Crippen LogP contribution in [0.2, 0.25) is 5.02 Å². The van der Waals surface area contributed by atoms with Gasteiger partial charge in [0.2, 0.25) is 11.8 Å². The van der Waals surface area contributed by atoms with Crippen molar-refractivity contribution in [1.29, 1.82) is 0 Å². The van der Waals surface area contributed by atoms with Crippen molar-refractivity contribution < 1.29 is 9.59 Å². The number of nitrogens with one attached hydrogen (secondary N) is 3. The number of halogens is 1. The Kier molecular flexibility index (Phi) is 5.33. The van der Waals surface area contributed by atoms with Crippen molar-refractivity contribution >= 4 is 46.7 Å². The van der Waals surface area contributed by atoms with Crippen molar-refractivity contribution in [3.8, 4) is 0 Å². The molecule has 0 unspecified atom stereocenters. The standard InChI is InChI=1S/C17H17ClN4O3S/c1-3-26-17-21-14-13(16(25)22-17)9(7-12(23)20-14)15(24)19-11-6-4-5-10(18)8(11)2/h4-6,9H,3,7H2,1-2H3,(H,19,24)(H2,20,21,22,23,25)/t9-/m0/s1. The number of hydrogen-bond acceptors (Lipinski definition) is 5. The van der Waals surface area contributed by atoms with Crippen LogP contribution in [0.5, 0.6) is 0 Å². The van der Waals surface area contributed by atoms with Crippen LogP contribution in [0.15, 0.2) is 28.2 Å². The lowest BCUT2D eigenvalue weighted by Crippen LogP contribution is -2.36. The van der Waals surface area contributed by atoms with Crippen molar-refractivity contribution in [2.45, 2.75) is 31.3 Å². The number of benzene rings is 1. The minimum Gasteiger partial charge on any atom is -0.325 e. The number of nitrogens with zero attached hydrogens (tertiary/aromatic N) is 1. The molecule has 0 saturated heterocycles. The molecule has 0 bridgehead atoms. The second-order valence-corrected chi connectivity index (χ2v) is 7.43. The van der Waals surface area contributed by atoms with Gasteiger partial charge in [0.25, 0.3) is 5.56 Å². The molecule has 136 valence electrons. The van der Waals surface area contributed by atoms with Crippen LogP contribution < -0.4 is 16.2 Å². The van der Waals surface area contributed by atoms with E-state index >= 15 is 0 Å². The summed E-state index contributed by atoms with van der Waals surface area (Å²) in [6.45, 7) is 3.70. The summed E-state index contributed by atoms with van der Waals surface area (Å²) in [5.74, 6) is -0.869. The third-order valence-corrected chi connectivity index (χ3v) is 5.22. The summed E-state index contributed by atoms with van der Waals surface area (Å²) in [6, 6.07) is 5.15. The van der Waals surface area contributed by atoms with Gasteiger partial charge >= 0.3 is 0 Å². The molecule has 2 aromatic rings. The fraction of sp³-hybridized carbons (Fsp3) is 0.294. The second kappa shape index (κ2) is 7.51. The van der Waals surface area contributed by atoms with Gasteiger partial charge in [-0.1, -0.05) is 36.4 Å². The number of aromatic nitrogens is 2. The van der Waals surface area contributed by atoms with E-state index in [1.165, 1.54) is 11.8 Å². The lowest BCUT2D eigenvalue weighted by Gasteiger charge is -2.23. The summed E-state index contributed by atoms with van der Waals surface area (Å²) in [7, 11) is 0. The van der Waals surface area contributed by atoms with E-state index in [4.69, 9.17) is 11.6 Å². The van der Waals surface area contributed by atoms with E-state index in [0.29, 0.717) is 27.2 Å². The van der Waals surface area contributed by atoms with E-state index < -0.39 is 17.4 Å². The van der Waals surface area contributed by atoms with E-state index in [-0.39, 0.29) is 23.7 Å². The molecule has 7 nitrogen and oxygen atoms in total. The molecule has 1 aliphatic heterocycles. The molecule has 0 spiro atoms. The third kappa shape index (κ3) is 3.61. The van der Waals surface area contributed by atoms with Gasteiger partial charge in [-0.3, -0.25) is 14.4 Å². The number of thioether (sulfide) groups is 1. The van der Waals surface area contributed by atoms with Gasteiger partial charge in [-0.25, -0.2) is 4.98 Å². The maximum atomic E-state index is 12.8. The minimum absolute atomic E-state index is 0.122. The van der Waals surface area contributed by atoms with Gasteiger partial charge in [0.05, 0.1) is 11.5 Å². The average Bonchev–Trinajstić information content (AvgIpc) is 2.58. The Labute approximate surface area is 158 Å². The fourth-order valence-corrected chi connectivity index (χ4v) is 3.51. The number of carbonyl (C=O) groups is 2. The molecule has 1 aliphatic rings. The van der Waals surface area contributed by atoms with Crippen molar-refractivity contribution in [3.05, 3.63) is 44.7 Å². The largest absolute Gasteiger partial charge is 0.325 e. The normalized spacial score (nSPS) is 16.0. The van der Waals surface area contributed by atoms with Crippen molar-refractivity contribution in [2.75, 3.05) is 16.4 Å². The first-order valence-corrected chi connectivity index (χ1v) is 9.40. The quantitative estimate of drug-likeness (QED) is 0.548. The molecule has 26 heavy (non-hydrogen) atoms. The van der Waals surface area contributed by atoms with Crippen LogP contribution in [0, 0.1) is 6.92 Å². The Morgan fingerprint density at radius 2 is 2.19 bits per heavy atom. The number of aromatic amines is 1. The van der Waals surface area contributed by atoms with Gasteiger partial charge in [-0.05, 0) is 30.4 Å². The molecule has 1 atom stereocenters. The van der Waals surface area contributed by atoms with Crippen LogP contribution in [0.1, 0.15) is 30.4 Å². The molecule has 2 heterocycles. The zero-order chi connectivity index (χ0) is 18.8. The molecule has 2 amide bonds. The van der Waals surface area contributed by atoms with Gasteiger partial charge in [0, 0.05) is 17.1 Å². The number of H-pyrrole nitrogens is 1. The van der Waals surface area contributed by atoms with E-state index in [0.717, 1.165) is 0 Å². The molecule has 0 radical (unpaired) electrons. The summed E-state index contributed by atoms with van der Waals surface area (Å²) in [5, 5.41) is 6.27. The van der Waals surface area contributed by atoms with Crippen LogP contribution in [0.3, 0.4) is 0 Å². The maximum Gasteiger partial charge on any atom is 0.257 e. The molecule has 1 aromatic heterocycles. The molecule has 0 saturated carbocycles. The van der Waals surface area contributed by atoms with E-state index in [1.807, 2.05) is 6.92 Å². The number of fused-ring (bicyclic) bond motifs is 1. The number of amides is 2. The summed E-state index contributed by atoms with van der Waals surface area (Å²) in [5.41, 5.74) is 0.999. The van der Waals surface area contributed by atoms with Crippen molar-refractivity contribution in [2.24, 2.45) is 0 Å². The highest BCUT2D eigenvalue weighted by atomic mass is 35.5. The Morgan fingerprint density at radius 1 is 1.42 bits per heavy atom. The molecule has 1 aromatic carbocycles. The number of hydrogen-bond donors (Lipinski definition) is 3. The SMILES string of the molecule is CCSc1nc2c(c(=O)[nH]1)[C@@H](C(=O)Nc1cccc(Cl)c1C)CC(=O)N2. The lowest BCUT2D eigenvalue weighted by atomic mass is 9.92. The van der Waals surface area contributed by atoms with Crippen molar-refractivity contribution in [1.82, 2.24) is 9.97 Å². The number of anilines is 2. The predicted molar refractivity (Wildman–Crippen MR) is 102 cm³/mol. The molecular formula is C17H17ClN4O3S. The van der Waals surface area contributed by atoms with Crippen LogP contribution in [-0.4, -0.2) is 27.5 Å². The van der Waals surface area contributed by atoms with Gasteiger partial charge in [0.15, 0.2) is 5.16 Å². The number of rotatable bonds is 4.